The van der Waals surface area contributed by atoms with Gasteiger partial charge in [-0.2, -0.15) is 0 Å². The van der Waals surface area contributed by atoms with E-state index in [1.807, 2.05) is 19.0 Å². The lowest BCUT2D eigenvalue weighted by molar-refractivity contribution is 0.0326. The monoisotopic (exact) mass is 304 g/mol. The van der Waals surface area contributed by atoms with Crippen LogP contribution in [0.25, 0.3) is 0 Å². The standard InChI is InChI=1S/C13H18Cl2N2O2/c1-13(19,8-17(2)3)7-16-12(18)9-4-10(14)6-11(15)5-9/h4-6,19H,7-8H2,1-3H3,(H,16,18). The van der Waals surface area contributed by atoms with Gasteiger partial charge in [-0.05, 0) is 39.2 Å². The van der Waals surface area contributed by atoms with Crippen molar-refractivity contribution in [2.75, 3.05) is 27.2 Å². The quantitative estimate of drug-likeness (QED) is 0.875. The summed E-state index contributed by atoms with van der Waals surface area (Å²) in [6, 6.07) is 4.62. The summed E-state index contributed by atoms with van der Waals surface area (Å²) in [5.74, 6) is -0.316. The molecule has 0 aromatic heterocycles. The number of nitrogens with one attached hydrogen (secondary N) is 1. The molecule has 0 saturated carbocycles. The maximum absolute atomic E-state index is 11.9. The molecule has 0 aliphatic rings. The summed E-state index contributed by atoms with van der Waals surface area (Å²) < 4.78 is 0. The second-order valence-corrected chi connectivity index (χ2v) is 5.95. The van der Waals surface area contributed by atoms with Crippen molar-refractivity contribution in [3.05, 3.63) is 33.8 Å². The maximum atomic E-state index is 11.9. The highest BCUT2D eigenvalue weighted by Gasteiger charge is 2.22. The van der Waals surface area contributed by atoms with Gasteiger partial charge in [0.1, 0.15) is 0 Å². The van der Waals surface area contributed by atoms with Crippen LogP contribution in [-0.4, -0.2) is 48.7 Å². The van der Waals surface area contributed by atoms with E-state index >= 15 is 0 Å². The van der Waals surface area contributed by atoms with Crippen LogP contribution in [-0.2, 0) is 0 Å². The van der Waals surface area contributed by atoms with Gasteiger partial charge in [-0.3, -0.25) is 4.79 Å². The Morgan fingerprint density at radius 3 is 2.32 bits per heavy atom. The number of aliphatic hydroxyl groups is 1. The second kappa shape index (κ2) is 6.57. The number of carbonyl (C=O) groups excluding carboxylic acids is 1. The van der Waals surface area contributed by atoms with Crippen molar-refractivity contribution in [1.82, 2.24) is 10.2 Å². The molecule has 19 heavy (non-hydrogen) atoms. The normalized spacial score (nSPS) is 14.3. The van der Waals surface area contributed by atoms with Crippen molar-refractivity contribution in [1.29, 1.82) is 0 Å². The smallest absolute Gasteiger partial charge is 0.251 e. The van der Waals surface area contributed by atoms with Gasteiger partial charge in [-0.1, -0.05) is 23.2 Å². The molecule has 0 aliphatic heterocycles. The maximum Gasteiger partial charge on any atom is 0.251 e. The Hall–Kier alpha value is -0.810. The largest absolute Gasteiger partial charge is 0.387 e. The lowest BCUT2D eigenvalue weighted by atomic mass is 10.1. The Bertz CT molecular complexity index is 442. The van der Waals surface area contributed by atoms with Crippen molar-refractivity contribution < 1.29 is 9.90 Å². The van der Waals surface area contributed by atoms with Gasteiger partial charge in [0, 0.05) is 28.7 Å². The van der Waals surface area contributed by atoms with Crippen molar-refractivity contribution in [3.8, 4) is 0 Å². The number of benzene rings is 1. The molecule has 0 radical (unpaired) electrons. The SMILES string of the molecule is CN(C)CC(C)(O)CNC(=O)c1cc(Cl)cc(Cl)c1. The Balaban J connectivity index is 2.65. The summed E-state index contributed by atoms with van der Waals surface area (Å²) in [4.78, 5) is 13.8. The minimum atomic E-state index is -0.998. The van der Waals surface area contributed by atoms with Crippen LogP contribution >= 0.6 is 23.2 Å². The summed E-state index contributed by atoms with van der Waals surface area (Å²) in [7, 11) is 3.71. The van der Waals surface area contributed by atoms with Gasteiger partial charge in [0.05, 0.1) is 5.60 Å². The number of amides is 1. The molecule has 1 aromatic rings. The minimum absolute atomic E-state index is 0.147. The van der Waals surface area contributed by atoms with Crippen LogP contribution in [0.5, 0.6) is 0 Å². The van der Waals surface area contributed by atoms with Crippen LogP contribution in [0.4, 0.5) is 0 Å². The van der Waals surface area contributed by atoms with E-state index in [9.17, 15) is 9.90 Å². The first-order valence-corrected chi connectivity index (χ1v) is 6.56. The molecule has 6 heteroatoms. The van der Waals surface area contributed by atoms with E-state index in [0.717, 1.165) is 0 Å². The minimum Gasteiger partial charge on any atom is -0.387 e. The number of rotatable bonds is 5. The second-order valence-electron chi connectivity index (χ2n) is 5.08. The van der Waals surface area contributed by atoms with E-state index in [2.05, 4.69) is 5.32 Å². The summed E-state index contributed by atoms with van der Waals surface area (Å²) in [5, 5.41) is 13.5. The van der Waals surface area contributed by atoms with E-state index in [1.54, 1.807) is 13.0 Å². The van der Waals surface area contributed by atoms with Gasteiger partial charge in [-0.15, -0.1) is 0 Å². The number of nitrogens with zero attached hydrogens (tertiary/aromatic N) is 1. The summed E-state index contributed by atoms with van der Waals surface area (Å²) >= 11 is 11.7. The Morgan fingerprint density at radius 1 is 1.32 bits per heavy atom. The summed E-state index contributed by atoms with van der Waals surface area (Å²) in [6.45, 7) is 2.26. The van der Waals surface area contributed by atoms with E-state index < -0.39 is 5.60 Å². The summed E-state index contributed by atoms with van der Waals surface area (Å²) in [6.07, 6.45) is 0. The number of carbonyl (C=O) groups is 1. The van der Waals surface area contributed by atoms with Crippen LogP contribution in [0.2, 0.25) is 10.0 Å². The Morgan fingerprint density at radius 2 is 1.84 bits per heavy atom. The average molecular weight is 305 g/mol. The molecule has 1 amide bonds. The van der Waals surface area contributed by atoms with Gasteiger partial charge in [0.2, 0.25) is 0 Å². The molecule has 0 fully saturated rings. The molecule has 0 bridgehead atoms. The van der Waals surface area contributed by atoms with Crippen molar-refractivity contribution in [2.45, 2.75) is 12.5 Å². The van der Waals surface area contributed by atoms with Crippen LogP contribution in [0, 0.1) is 0 Å². The molecule has 0 saturated heterocycles. The molecule has 0 heterocycles. The van der Waals surface area contributed by atoms with Crippen molar-refractivity contribution in [2.24, 2.45) is 0 Å². The lowest BCUT2D eigenvalue weighted by Gasteiger charge is -2.27. The third kappa shape index (κ3) is 5.78. The first-order valence-electron chi connectivity index (χ1n) is 5.81. The first kappa shape index (κ1) is 16.2. The molecule has 1 rings (SSSR count). The highest BCUT2D eigenvalue weighted by molar-refractivity contribution is 6.35. The van der Waals surface area contributed by atoms with Gasteiger partial charge >= 0.3 is 0 Å². The fourth-order valence-corrected chi connectivity index (χ4v) is 2.32. The predicted octanol–water partition coefficient (Wildman–Crippen LogP) is 2.04. The van der Waals surface area contributed by atoms with Crippen LogP contribution in [0.1, 0.15) is 17.3 Å². The predicted molar refractivity (Wildman–Crippen MR) is 78.0 cm³/mol. The highest BCUT2D eigenvalue weighted by Crippen LogP contribution is 2.19. The molecular formula is C13H18Cl2N2O2. The molecule has 1 unspecified atom stereocenters. The Kier molecular flexibility index (Phi) is 5.62. The molecule has 2 N–H and O–H groups in total. The van der Waals surface area contributed by atoms with E-state index in [1.165, 1.54) is 12.1 Å². The van der Waals surface area contributed by atoms with Gasteiger partial charge in [0.15, 0.2) is 0 Å². The van der Waals surface area contributed by atoms with E-state index in [-0.39, 0.29) is 12.5 Å². The van der Waals surface area contributed by atoms with Gasteiger partial charge < -0.3 is 15.3 Å². The zero-order chi connectivity index (χ0) is 14.6. The van der Waals surface area contributed by atoms with Crippen molar-refractivity contribution in [3.63, 3.8) is 0 Å². The fourth-order valence-electron chi connectivity index (χ4n) is 1.79. The number of hydrogen-bond acceptors (Lipinski definition) is 3. The molecule has 1 aromatic carbocycles. The number of likely N-dealkylation sites (N-methyl/N-ethyl adjacent to an activating group) is 1. The highest BCUT2D eigenvalue weighted by atomic mass is 35.5. The lowest BCUT2D eigenvalue weighted by Crippen LogP contribution is -2.47. The number of hydrogen-bond donors (Lipinski definition) is 2. The molecule has 4 nitrogen and oxygen atoms in total. The van der Waals surface area contributed by atoms with E-state index in [4.69, 9.17) is 23.2 Å². The molecular weight excluding hydrogens is 287 g/mol. The Labute approximate surface area is 123 Å². The van der Waals surface area contributed by atoms with Crippen LogP contribution in [0.3, 0.4) is 0 Å². The third-order valence-electron chi connectivity index (χ3n) is 2.41. The zero-order valence-corrected chi connectivity index (χ0v) is 12.7. The third-order valence-corrected chi connectivity index (χ3v) is 2.85. The van der Waals surface area contributed by atoms with E-state index in [0.29, 0.717) is 22.2 Å². The molecule has 106 valence electrons. The van der Waals surface area contributed by atoms with Crippen LogP contribution < -0.4 is 5.32 Å². The van der Waals surface area contributed by atoms with Gasteiger partial charge in [-0.25, -0.2) is 0 Å². The molecule has 0 aliphatic carbocycles. The zero-order valence-electron chi connectivity index (χ0n) is 11.2. The average Bonchev–Trinajstić information content (AvgIpc) is 2.22. The first-order chi connectivity index (χ1) is 8.69. The molecule has 0 spiro atoms. The fraction of sp³-hybridized carbons (Fsp3) is 0.462. The summed E-state index contributed by atoms with van der Waals surface area (Å²) in [5.41, 5.74) is -0.625. The van der Waals surface area contributed by atoms with Gasteiger partial charge in [0.25, 0.3) is 5.91 Å². The topological polar surface area (TPSA) is 52.6 Å². The van der Waals surface area contributed by atoms with Crippen LogP contribution in [0.15, 0.2) is 18.2 Å². The van der Waals surface area contributed by atoms with Crippen molar-refractivity contribution >= 4 is 29.1 Å². The number of halogens is 2. The molecule has 1 atom stereocenters.